The number of benzene rings is 2. The third kappa shape index (κ3) is 4.14. The molecular weight excluding hydrogens is 356 g/mol. The molecule has 140 valence electrons. The Morgan fingerprint density at radius 1 is 1.30 bits per heavy atom. The Balaban J connectivity index is 1.62. The molecule has 0 saturated heterocycles. The highest BCUT2D eigenvalue weighted by molar-refractivity contribution is 5.81. The maximum absolute atomic E-state index is 12.2. The van der Waals surface area contributed by atoms with Crippen molar-refractivity contribution >= 4 is 17.9 Å². The Hall–Kier alpha value is -3.62. The first kappa shape index (κ1) is 18.2. The summed E-state index contributed by atoms with van der Waals surface area (Å²) in [6.07, 6.45) is -0.474. The Morgan fingerprint density at radius 2 is 2.07 bits per heavy atom. The van der Waals surface area contributed by atoms with E-state index in [2.05, 4.69) is 5.32 Å². The van der Waals surface area contributed by atoms with Crippen LogP contribution in [0.4, 0.5) is 5.69 Å². The summed E-state index contributed by atoms with van der Waals surface area (Å²) in [6.45, 7) is 1.87. The van der Waals surface area contributed by atoms with Crippen LogP contribution in [-0.4, -0.2) is 30.0 Å². The summed E-state index contributed by atoms with van der Waals surface area (Å²) in [4.78, 5) is 33.5. The van der Waals surface area contributed by atoms with Crippen molar-refractivity contribution in [3.8, 4) is 17.2 Å². The highest BCUT2D eigenvalue weighted by Crippen LogP contribution is 2.32. The first-order valence-corrected chi connectivity index (χ1v) is 8.04. The molecule has 1 heterocycles. The molecule has 0 spiro atoms. The molecule has 0 unspecified atom stereocenters. The Morgan fingerprint density at radius 3 is 2.81 bits per heavy atom. The molecule has 0 aromatic heterocycles. The number of carbonyl (C=O) groups is 2. The number of amides is 1. The zero-order valence-corrected chi connectivity index (χ0v) is 14.3. The standard InChI is InChI=1S/C18H16N2O7/c1-11(27-15-4-3-13(9-21)6-14(15)20(23)24)18(22)19-8-12-2-5-16-17(7-12)26-10-25-16/h2-7,9,11H,8,10H2,1H3,(H,19,22)/t11-/m1/s1. The number of aldehydes is 1. The van der Waals surface area contributed by atoms with Crippen molar-refractivity contribution in [1.29, 1.82) is 0 Å². The van der Waals surface area contributed by atoms with Crippen LogP contribution >= 0.6 is 0 Å². The fraction of sp³-hybridized carbons (Fsp3) is 0.222. The van der Waals surface area contributed by atoms with Crippen LogP contribution in [-0.2, 0) is 11.3 Å². The van der Waals surface area contributed by atoms with E-state index in [-0.39, 0.29) is 30.3 Å². The van der Waals surface area contributed by atoms with Gasteiger partial charge in [0.2, 0.25) is 6.79 Å². The molecule has 0 saturated carbocycles. The molecule has 27 heavy (non-hydrogen) atoms. The third-order valence-electron chi connectivity index (χ3n) is 3.89. The van der Waals surface area contributed by atoms with Gasteiger partial charge in [0.15, 0.2) is 23.4 Å². The number of fused-ring (bicyclic) bond motifs is 1. The van der Waals surface area contributed by atoms with Gasteiger partial charge in [-0.05, 0) is 36.8 Å². The van der Waals surface area contributed by atoms with Gasteiger partial charge in [-0.1, -0.05) is 6.07 Å². The van der Waals surface area contributed by atoms with Crippen LogP contribution in [0.5, 0.6) is 17.2 Å². The number of carbonyl (C=O) groups excluding carboxylic acids is 2. The minimum atomic E-state index is -0.972. The normalized spacial score (nSPS) is 12.9. The maximum atomic E-state index is 12.2. The van der Waals surface area contributed by atoms with Gasteiger partial charge in [0.25, 0.3) is 5.91 Å². The minimum Gasteiger partial charge on any atom is -0.474 e. The molecule has 0 radical (unpaired) electrons. The molecule has 9 nitrogen and oxygen atoms in total. The van der Waals surface area contributed by atoms with Crippen LogP contribution < -0.4 is 19.5 Å². The van der Waals surface area contributed by atoms with Crippen LogP contribution in [0.2, 0.25) is 0 Å². The number of rotatable bonds is 7. The van der Waals surface area contributed by atoms with Crippen LogP contribution in [0.3, 0.4) is 0 Å². The van der Waals surface area contributed by atoms with Gasteiger partial charge in [0, 0.05) is 18.2 Å². The SMILES string of the molecule is C[C@@H](Oc1ccc(C=O)cc1[N+](=O)[O-])C(=O)NCc1ccc2c(c1)OCO2. The lowest BCUT2D eigenvalue weighted by molar-refractivity contribution is -0.386. The molecule has 0 bridgehead atoms. The molecule has 1 aliphatic heterocycles. The van der Waals surface area contributed by atoms with E-state index in [1.165, 1.54) is 19.1 Å². The molecule has 2 aromatic carbocycles. The molecule has 9 heteroatoms. The van der Waals surface area contributed by atoms with Crippen molar-refractivity contribution in [1.82, 2.24) is 5.32 Å². The molecule has 0 aliphatic carbocycles. The molecule has 1 amide bonds. The molecule has 1 N–H and O–H groups in total. The highest BCUT2D eigenvalue weighted by Gasteiger charge is 2.22. The summed E-state index contributed by atoms with van der Waals surface area (Å²) in [5, 5.41) is 13.8. The first-order valence-electron chi connectivity index (χ1n) is 8.04. The van der Waals surface area contributed by atoms with E-state index in [0.29, 0.717) is 17.8 Å². The molecule has 1 aliphatic rings. The van der Waals surface area contributed by atoms with Crippen LogP contribution in [0.15, 0.2) is 36.4 Å². The molecule has 2 aromatic rings. The average molecular weight is 372 g/mol. The summed E-state index contributed by atoms with van der Waals surface area (Å²) in [7, 11) is 0. The average Bonchev–Trinajstić information content (AvgIpc) is 3.13. The Kier molecular flexibility index (Phi) is 5.20. The molecule has 0 fully saturated rings. The number of hydrogen-bond acceptors (Lipinski definition) is 7. The minimum absolute atomic E-state index is 0.0867. The monoisotopic (exact) mass is 372 g/mol. The maximum Gasteiger partial charge on any atom is 0.311 e. The fourth-order valence-electron chi connectivity index (χ4n) is 2.48. The van der Waals surface area contributed by atoms with E-state index in [1.54, 1.807) is 18.2 Å². The largest absolute Gasteiger partial charge is 0.474 e. The van der Waals surface area contributed by atoms with Gasteiger partial charge < -0.3 is 19.5 Å². The van der Waals surface area contributed by atoms with Crippen molar-refractivity contribution in [2.24, 2.45) is 0 Å². The van der Waals surface area contributed by atoms with E-state index >= 15 is 0 Å². The van der Waals surface area contributed by atoms with Gasteiger partial charge in [-0.3, -0.25) is 19.7 Å². The summed E-state index contributed by atoms with van der Waals surface area (Å²) in [5.74, 6) is 0.725. The summed E-state index contributed by atoms with van der Waals surface area (Å²) >= 11 is 0. The van der Waals surface area contributed by atoms with Gasteiger partial charge in [0.05, 0.1) is 4.92 Å². The predicted octanol–water partition coefficient (Wildman–Crippen LogP) is 2.22. The van der Waals surface area contributed by atoms with E-state index < -0.39 is 16.9 Å². The zero-order chi connectivity index (χ0) is 19.4. The van der Waals surface area contributed by atoms with Crippen molar-refractivity contribution < 1.29 is 28.7 Å². The van der Waals surface area contributed by atoms with E-state index in [4.69, 9.17) is 14.2 Å². The number of ether oxygens (including phenoxy) is 3. The molecular formula is C18H16N2O7. The second-order valence-electron chi connectivity index (χ2n) is 5.77. The smallest absolute Gasteiger partial charge is 0.311 e. The van der Waals surface area contributed by atoms with E-state index in [1.807, 2.05) is 0 Å². The van der Waals surface area contributed by atoms with Gasteiger partial charge in [-0.25, -0.2) is 0 Å². The number of nitro groups is 1. The Labute approximate surface area is 154 Å². The van der Waals surface area contributed by atoms with Gasteiger partial charge in [-0.2, -0.15) is 0 Å². The number of nitrogens with zero attached hydrogens (tertiary/aromatic N) is 1. The zero-order valence-electron chi connectivity index (χ0n) is 14.3. The van der Waals surface area contributed by atoms with E-state index in [0.717, 1.165) is 11.6 Å². The lowest BCUT2D eigenvalue weighted by atomic mass is 10.2. The van der Waals surface area contributed by atoms with Crippen molar-refractivity contribution in [3.05, 3.63) is 57.6 Å². The van der Waals surface area contributed by atoms with Gasteiger partial charge >= 0.3 is 5.69 Å². The van der Waals surface area contributed by atoms with Gasteiger partial charge in [0.1, 0.15) is 6.29 Å². The number of hydrogen-bond donors (Lipinski definition) is 1. The summed E-state index contributed by atoms with van der Waals surface area (Å²) in [5.41, 5.74) is 0.574. The van der Waals surface area contributed by atoms with Crippen molar-refractivity contribution in [3.63, 3.8) is 0 Å². The lowest BCUT2D eigenvalue weighted by Gasteiger charge is -2.15. The first-order chi connectivity index (χ1) is 13.0. The van der Waals surface area contributed by atoms with Crippen LogP contribution in [0.25, 0.3) is 0 Å². The van der Waals surface area contributed by atoms with Crippen LogP contribution in [0.1, 0.15) is 22.8 Å². The lowest BCUT2D eigenvalue weighted by Crippen LogP contribution is -2.36. The topological polar surface area (TPSA) is 117 Å². The summed E-state index contributed by atoms with van der Waals surface area (Å²) < 4.78 is 15.9. The molecule has 3 rings (SSSR count). The third-order valence-corrected chi connectivity index (χ3v) is 3.89. The van der Waals surface area contributed by atoms with Gasteiger partial charge in [-0.15, -0.1) is 0 Å². The number of nitro benzene ring substituents is 1. The second kappa shape index (κ2) is 7.73. The predicted molar refractivity (Wildman–Crippen MR) is 93.0 cm³/mol. The van der Waals surface area contributed by atoms with Crippen molar-refractivity contribution in [2.45, 2.75) is 19.6 Å². The fourth-order valence-corrected chi connectivity index (χ4v) is 2.48. The quantitative estimate of drug-likeness (QED) is 0.450. The van der Waals surface area contributed by atoms with Crippen LogP contribution in [0, 0.1) is 10.1 Å². The van der Waals surface area contributed by atoms with Crippen molar-refractivity contribution in [2.75, 3.05) is 6.79 Å². The van der Waals surface area contributed by atoms with E-state index in [9.17, 15) is 19.7 Å². The highest BCUT2D eigenvalue weighted by atomic mass is 16.7. The summed E-state index contributed by atoms with van der Waals surface area (Å²) in [6, 6.07) is 9.08. The Bertz CT molecular complexity index is 897. The number of nitrogens with one attached hydrogen (secondary N) is 1. The molecule has 1 atom stereocenters. The second-order valence-corrected chi connectivity index (χ2v) is 5.77.